The van der Waals surface area contributed by atoms with Gasteiger partial charge in [0.05, 0.1) is 0 Å². The molecule has 1 aliphatic carbocycles. The number of aliphatic imine (C=N–C) groups is 1. The van der Waals surface area contributed by atoms with E-state index in [0.29, 0.717) is 5.96 Å². The van der Waals surface area contributed by atoms with E-state index in [1.807, 2.05) is 0 Å². The Morgan fingerprint density at radius 3 is 2.71 bits per heavy atom. The van der Waals surface area contributed by atoms with Crippen LogP contribution in [0.3, 0.4) is 0 Å². The summed E-state index contributed by atoms with van der Waals surface area (Å²) in [7, 11) is 0. The van der Waals surface area contributed by atoms with Crippen molar-refractivity contribution < 1.29 is 0 Å². The van der Waals surface area contributed by atoms with Gasteiger partial charge in [0.25, 0.3) is 0 Å². The van der Waals surface area contributed by atoms with Gasteiger partial charge in [-0.3, -0.25) is 4.99 Å². The van der Waals surface area contributed by atoms with Crippen LogP contribution in [0.1, 0.15) is 52.4 Å². The Morgan fingerprint density at radius 1 is 1.35 bits per heavy atom. The van der Waals surface area contributed by atoms with Gasteiger partial charge in [-0.15, -0.1) is 24.0 Å². The lowest BCUT2D eigenvalue weighted by molar-refractivity contribution is 0.263. The second kappa shape index (κ2) is 9.97. The molecule has 1 fully saturated rings. The number of unbranched alkanes of at least 4 members (excludes halogenated alkanes) is 1. The molecule has 0 aliphatic heterocycles. The van der Waals surface area contributed by atoms with Gasteiger partial charge in [-0.05, 0) is 24.7 Å². The Balaban J connectivity index is 0.00000256. The van der Waals surface area contributed by atoms with Crippen molar-refractivity contribution in [3.05, 3.63) is 0 Å². The fourth-order valence-electron chi connectivity index (χ4n) is 2.33. The molecule has 0 heterocycles. The Labute approximate surface area is 123 Å². The van der Waals surface area contributed by atoms with Crippen molar-refractivity contribution in [2.45, 2.75) is 52.4 Å². The monoisotopic (exact) mass is 353 g/mol. The van der Waals surface area contributed by atoms with Crippen LogP contribution >= 0.6 is 24.0 Å². The first-order valence-corrected chi connectivity index (χ1v) is 6.77. The van der Waals surface area contributed by atoms with Crippen molar-refractivity contribution in [1.82, 2.24) is 5.32 Å². The highest BCUT2D eigenvalue weighted by Crippen LogP contribution is 2.29. The van der Waals surface area contributed by atoms with E-state index in [4.69, 9.17) is 5.73 Å². The normalized spacial score (nSPS) is 25.2. The molecule has 0 aromatic rings. The first-order valence-electron chi connectivity index (χ1n) is 6.77. The Kier molecular flexibility index (Phi) is 9.97. The number of hydrogen-bond acceptors (Lipinski definition) is 1. The van der Waals surface area contributed by atoms with E-state index < -0.39 is 0 Å². The van der Waals surface area contributed by atoms with E-state index in [9.17, 15) is 0 Å². The number of halogens is 1. The van der Waals surface area contributed by atoms with Crippen LogP contribution in [0.5, 0.6) is 0 Å². The van der Waals surface area contributed by atoms with Gasteiger partial charge in [-0.25, -0.2) is 0 Å². The number of hydrogen-bond donors (Lipinski definition) is 2. The zero-order valence-corrected chi connectivity index (χ0v) is 13.6. The van der Waals surface area contributed by atoms with E-state index in [2.05, 4.69) is 24.2 Å². The highest BCUT2D eigenvalue weighted by molar-refractivity contribution is 14.0. The maximum absolute atomic E-state index is 5.82. The van der Waals surface area contributed by atoms with Gasteiger partial charge in [0.2, 0.25) is 0 Å². The van der Waals surface area contributed by atoms with Crippen LogP contribution in [0.15, 0.2) is 4.99 Å². The minimum Gasteiger partial charge on any atom is -0.370 e. The van der Waals surface area contributed by atoms with E-state index in [1.165, 1.54) is 32.1 Å². The van der Waals surface area contributed by atoms with E-state index >= 15 is 0 Å². The molecule has 0 aromatic heterocycles. The van der Waals surface area contributed by atoms with Gasteiger partial charge in [0.1, 0.15) is 0 Å². The largest absolute Gasteiger partial charge is 0.370 e. The Hall–Kier alpha value is 0. The lowest BCUT2D eigenvalue weighted by Crippen LogP contribution is -2.33. The molecule has 0 aromatic carbocycles. The van der Waals surface area contributed by atoms with Crippen molar-refractivity contribution in [2.24, 2.45) is 22.6 Å². The topological polar surface area (TPSA) is 50.4 Å². The standard InChI is InChI=1S/C13H27N3.HI/c1-3-4-9-15-13(14)16-10-12-8-6-5-7-11(12)2;/h11-12H,3-10H2,1-2H3,(H3,14,15,16);1H. The molecule has 102 valence electrons. The third-order valence-electron chi connectivity index (χ3n) is 3.62. The van der Waals surface area contributed by atoms with Crippen molar-refractivity contribution in [1.29, 1.82) is 0 Å². The maximum atomic E-state index is 5.82. The first kappa shape index (κ1) is 17.0. The average Bonchev–Trinajstić information content (AvgIpc) is 2.28. The summed E-state index contributed by atoms with van der Waals surface area (Å²) in [6.07, 6.45) is 7.81. The van der Waals surface area contributed by atoms with Gasteiger partial charge in [0.15, 0.2) is 5.96 Å². The van der Waals surface area contributed by atoms with Crippen molar-refractivity contribution in [3.63, 3.8) is 0 Å². The predicted molar refractivity (Wildman–Crippen MR) is 85.9 cm³/mol. The SMILES string of the molecule is CCCCNC(N)=NCC1CCCCC1C.I. The molecule has 1 saturated carbocycles. The molecule has 3 N–H and O–H groups in total. The van der Waals surface area contributed by atoms with Crippen molar-refractivity contribution in [2.75, 3.05) is 13.1 Å². The summed E-state index contributed by atoms with van der Waals surface area (Å²) in [4.78, 5) is 4.45. The average molecular weight is 353 g/mol. The number of nitrogens with zero attached hydrogens (tertiary/aromatic N) is 1. The minimum atomic E-state index is 0. The lowest BCUT2D eigenvalue weighted by Gasteiger charge is -2.27. The molecule has 0 amide bonds. The summed E-state index contributed by atoms with van der Waals surface area (Å²) in [6, 6.07) is 0. The number of nitrogens with one attached hydrogen (secondary N) is 1. The van der Waals surface area contributed by atoms with Crippen LogP contribution in [0, 0.1) is 11.8 Å². The molecule has 1 rings (SSSR count). The van der Waals surface area contributed by atoms with Gasteiger partial charge in [-0.2, -0.15) is 0 Å². The number of rotatable bonds is 5. The fourth-order valence-corrected chi connectivity index (χ4v) is 2.33. The van der Waals surface area contributed by atoms with Crippen LogP contribution < -0.4 is 11.1 Å². The minimum absolute atomic E-state index is 0. The summed E-state index contributed by atoms with van der Waals surface area (Å²) in [6.45, 7) is 6.39. The zero-order chi connectivity index (χ0) is 11.8. The van der Waals surface area contributed by atoms with Crippen LogP contribution in [0.2, 0.25) is 0 Å². The van der Waals surface area contributed by atoms with E-state index in [1.54, 1.807) is 0 Å². The summed E-state index contributed by atoms with van der Waals surface area (Å²) >= 11 is 0. The molecule has 2 atom stereocenters. The van der Waals surface area contributed by atoms with E-state index in [-0.39, 0.29) is 24.0 Å². The second-order valence-electron chi connectivity index (χ2n) is 5.03. The second-order valence-corrected chi connectivity index (χ2v) is 5.03. The third kappa shape index (κ3) is 7.11. The van der Waals surface area contributed by atoms with Crippen molar-refractivity contribution >= 4 is 29.9 Å². The predicted octanol–water partition coefficient (Wildman–Crippen LogP) is 3.14. The molecule has 0 bridgehead atoms. The van der Waals surface area contributed by atoms with Gasteiger partial charge < -0.3 is 11.1 Å². The quantitative estimate of drug-likeness (QED) is 0.345. The van der Waals surface area contributed by atoms with Crippen LogP contribution in [-0.2, 0) is 0 Å². The van der Waals surface area contributed by atoms with Gasteiger partial charge in [-0.1, -0.05) is 39.5 Å². The fraction of sp³-hybridized carbons (Fsp3) is 0.923. The molecule has 4 heteroatoms. The van der Waals surface area contributed by atoms with Gasteiger partial charge in [0, 0.05) is 13.1 Å². The highest BCUT2D eigenvalue weighted by Gasteiger charge is 2.20. The summed E-state index contributed by atoms with van der Waals surface area (Å²) in [5.41, 5.74) is 5.82. The molecular weight excluding hydrogens is 325 g/mol. The molecule has 1 aliphatic rings. The van der Waals surface area contributed by atoms with E-state index in [0.717, 1.165) is 31.3 Å². The zero-order valence-electron chi connectivity index (χ0n) is 11.2. The van der Waals surface area contributed by atoms with Gasteiger partial charge >= 0.3 is 0 Å². The Morgan fingerprint density at radius 2 is 2.06 bits per heavy atom. The summed E-state index contributed by atoms with van der Waals surface area (Å²) < 4.78 is 0. The molecular formula is C13H28IN3. The van der Waals surface area contributed by atoms with Crippen LogP contribution in [0.25, 0.3) is 0 Å². The number of nitrogens with two attached hydrogens (primary N) is 1. The highest BCUT2D eigenvalue weighted by atomic mass is 127. The molecule has 17 heavy (non-hydrogen) atoms. The number of guanidine groups is 1. The van der Waals surface area contributed by atoms with Crippen LogP contribution in [-0.4, -0.2) is 19.0 Å². The van der Waals surface area contributed by atoms with Crippen LogP contribution in [0.4, 0.5) is 0 Å². The lowest BCUT2D eigenvalue weighted by atomic mass is 9.80. The molecule has 3 nitrogen and oxygen atoms in total. The summed E-state index contributed by atoms with van der Waals surface area (Å²) in [5, 5.41) is 3.17. The third-order valence-corrected chi connectivity index (χ3v) is 3.62. The smallest absolute Gasteiger partial charge is 0.188 e. The first-order chi connectivity index (χ1) is 7.74. The Bertz CT molecular complexity index is 219. The molecule has 2 unspecified atom stereocenters. The molecule has 0 spiro atoms. The maximum Gasteiger partial charge on any atom is 0.188 e. The van der Waals surface area contributed by atoms with Crippen molar-refractivity contribution in [3.8, 4) is 0 Å². The molecule has 0 radical (unpaired) electrons. The molecule has 0 saturated heterocycles. The summed E-state index contributed by atoms with van der Waals surface area (Å²) in [5.74, 6) is 2.20.